The van der Waals surface area contributed by atoms with Gasteiger partial charge in [-0.25, -0.2) is 9.37 Å². The minimum Gasteiger partial charge on any atom is -0.398 e. The molecule has 0 aliphatic carbocycles. The largest absolute Gasteiger partial charge is 0.398 e. The summed E-state index contributed by atoms with van der Waals surface area (Å²) in [4.78, 5) is 4.33. The highest BCUT2D eigenvalue weighted by Crippen LogP contribution is 2.24. The Morgan fingerprint density at radius 1 is 1.45 bits per heavy atom. The first kappa shape index (κ1) is 14.5. The maximum absolute atomic E-state index is 13.4. The molecule has 2 rings (SSSR count). The molecular weight excluding hydrogens is 257 g/mol. The summed E-state index contributed by atoms with van der Waals surface area (Å²) in [6, 6.07) is 4.02. The summed E-state index contributed by atoms with van der Waals surface area (Å²) in [7, 11) is 0. The highest BCUT2D eigenvalue weighted by atomic mass is 19.1. The van der Waals surface area contributed by atoms with E-state index in [2.05, 4.69) is 21.9 Å². The maximum atomic E-state index is 13.4. The number of nitrogens with two attached hydrogens (primary N) is 2. The zero-order valence-corrected chi connectivity index (χ0v) is 11.5. The molecule has 0 fully saturated rings. The number of benzene rings is 1. The summed E-state index contributed by atoms with van der Waals surface area (Å²) in [5.41, 5.74) is 9.76. The summed E-state index contributed by atoms with van der Waals surface area (Å²) in [5.74, 6) is 6.17. The average Bonchev–Trinajstić information content (AvgIpc) is 2.87. The van der Waals surface area contributed by atoms with Crippen molar-refractivity contribution in [1.29, 1.82) is 0 Å². The van der Waals surface area contributed by atoms with Gasteiger partial charge in [0.1, 0.15) is 11.6 Å². The Kier molecular flexibility index (Phi) is 4.70. The van der Waals surface area contributed by atoms with Crippen LogP contribution >= 0.6 is 0 Å². The van der Waals surface area contributed by atoms with E-state index in [1.54, 1.807) is 12.3 Å². The van der Waals surface area contributed by atoms with Gasteiger partial charge in [0, 0.05) is 31.0 Å². The van der Waals surface area contributed by atoms with Gasteiger partial charge in [0.05, 0.1) is 6.04 Å². The zero-order chi connectivity index (χ0) is 14.5. The van der Waals surface area contributed by atoms with E-state index in [4.69, 9.17) is 11.6 Å². The predicted octanol–water partition coefficient (Wildman–Crippen LogP) is 1.76. The number of imidazole rings is 1. The number of nitrogens with zero attached hydrogens (tertiary/aromatic N) is 2. The van der Waals surface area contributed by atoms with Crippen LogP contribution in [0.1, 0.15) is 30.8 Å². The number of rotatable bonds is 6. The first-order chi connectivity index (χ1) is 9.65. The molecule has 5 N–H and O–H groups in total. The third-order valence-electron chi connectivity index (χ3n) is 3.28. The fourth-order valence-corrected chi connectivity index (χ4v) is 2.26. The molecule has 0 saturated heterocycles. The van der Waals surface area contributed by atoms with Gasteiger partial charge in [-0.2, -0.15) is 0 Å². The molecule has 0 aliphatic heterocycles. The van der Waals surface area contributed by atoms with Gasteiger partial charge in [-0.15, -0.1) is 0 Å². The summed E-state index contributed by atoms with van der Waals surface area (Å²) < 4.78 is 15.4. The maximum Gasteiger partial charge on any atom is 0.123 e. The second-order valence-corrected chi connectivity index (χ2v) is 4.73. The van der Waals surface area contributed by atoms with E-state index >= 15 is 0 Å². The Morgan fingerprint density at radius 3 is 2.95 bits per heavy atom. The lowest BCUT2D eigenvalue weighted by atomic mass is 10.0. The van der Waals surface area contributed by atoms with Gasteiger partial charge in [-0.05, 0) is 30.2 Å². The molecule has 1 heterocycles. The minimum absolute atomic E-state index is 0.274. The molecule has 2 aromatic rings. The van der Waals surface area contributed by atoms with E-state index in [9.17, 15) is 4.39 Å². The van der Waals surface area contributed by atoms with Crippen LogP contribution in [0.4, 0.5) is 10.1 Å². The Morgan fingerprint density at radius 2 is 2.25 bits per heavy atom. The van der Waals surface area contributed by atoms with Crippen molar-refractivity contribution >= 4 is 5.69 Å². The number of anilines is 1. The number of halogens is 1. The topological polar surface area (TPSA) is 81.9 Å². The number of aryl methyl sites for hydroxylation is 1. The average molecular weight is 277 g/mol. The Labute approximate surface area is 117 Å². The zero-order valence-electron chi connectivity index (χ0n) is 11.5. The van der Waals surface area contributed by atoms with Crippen LogP contribution in [-0.2, 0) is 13.0 Å². The second kappa shape index (κ2) is 6.49. The molecule has 6 heteroatoms. The van der Waals surface area contributed by atoms with Crippen LogP contribution in [0, 0.1) is 5.82 Å². The molecule has 0 saturated carbocycles. The SMILES string of the molecule is CCCn1ccnc1CC(NN)c1cc(F)ccc1N. The van der Waals surface area contributed by atoms with E-state index in [-0.39, 0.29) is 11.9 Å². The molecule has 1 aromatic carbocycles. The van der Waals surface area contributed by atoms with Crippen molar-refractivity contribution in [2.45, 2.75) is 32.4 Å². The highest BCUT2D eigenvalue weighted by Gasteiger charge is 2.17. The van der Waals surface area contributed by atoms with Crippen molar-refractivity contribution in [2.75, 3.05) is 5.73 Å². The van der Waals surface area contributed by atoms with Gasteiger partial charge in [0.15, 0.2) is 0 Å². The van der Waals surface area contributed by atoms with Gasteiger partial charge >= 0.3 is 0 Å². The molecule has 20 heavy (non-hydrogen) atoms. The molecule has 108 valence electrons. The van der Waals surface area contributed by atoms with Crippen LogP contribution in [0.2, 0.25) is 0 Å². The van der Waals surface area contributed by atoms with Crippen LogP contribution in [0.15, 0.2) is 30.6 Å². The lowest BCUT2D eigenvalue weighted by Crippen LogP contribution is -2.31. The molecule has 0 bridgehead atoms. The number of aromatic nitrogens is 2. The van der Waals surface area contributed by atoms with Gasteiger partial charge in [0.2, 0.25) is 0 Å². The van der Waals surface area contributed by atoms with E-state index in [0.29, 0.717) is 17.7 Å². The molecule has 0 spiro atoms. The summed E-state index contributed by atoms with van der Waals surface area (Å²) in [6.45, 7) is 3.00. The van der Waals surface area contributed by atoms with Gasteiger partial charge < -0.3 is 10.3 Å². The molecule has 1 aromatic heterocycles. The fourth-order valence-electron chi connectivity index (χ4n) is 2.26. The third-order valence-corrected chi connectivity index (χ3v) is 3.28. The van der Waals surface area contributed by atoms with Crippen molar-refractivity contribution in [3.05, 3.63) is 47.8 Å². The molecule has 0 aliphatic rings. The quantitative estimate of drug-likeness (QED) is 0.427. The molecule has 0 amide bonds. The van der Waals surface area contributed by atoms with Crippen LogP contribution in [0.3, 0.4) is 0 Å². The van der Waals surface area contributed by atoms with Crippen molar-refractivity contribution in [3.8, 4) is 0 Å². The molecule has 1 atom stereocenters. The lowest BCUT2D eigenvalue weighted by Gasteiger charge is -2.18. The monoisotopic (exact) mass is 277 g/mol. The van der Waals surface area contributed by atoms with Crippen molar-refractivity contribution < 1.29 is 4.39 Å². The number of nitrogen functional groups attached to an aromatic ring is 1. The first-order valence-corrected chi connectivity index (χ1v) is 6.66. The van der Waals surface area contributed by atoms with E-state index in [1.807, 2.05) is 6.20 Å². The smallest absolute Gasteiger partial charge is 0.123 e. The summed E-state index contributed by atoms with van der Waals surface area (Å²) in [5, 5.41) is 0. The number of nitrogens with one attached hydrogen (secondary N) is 1. The highest BCUT2D eigenvalue weighted by molar-refractivity contribution is 5.48. The van der Waals surface area contributed by atoms with Crippen LogP contribution in [-0.4, -0.2) is 9.55 Å². The van der Waals surface area contributed by atoms with Gasteiger partial charge in [-0.1, -0.05) is 6.92 Å². The van der Waals surface area contributed by atoms with Crippen LogP contribution in [0.5, 0.6) is 0 Å². The van der Waals surface area contributed by atoms with Crippen LogP contribution < -0.4 is 17.0 Å². The molecule has 1 unspecified atom stereocenters. The first-order valence-electron chi connectivity index (χ1n) is 6.66. The second-order valence-electron chi connectivity index (χ2n) is 4.73. The standard InChI is InChI=1S/C14H20FN5/c1-2-6-20-7-5-18-14(20)9-13(19-17)11-8-10(15)3-4-12(11)16/h3-5,7-8,13,19H,2,6,9,16-17H2,1H3. The van der Waals surface area contributed by atoms with E-state index in [1.165, 1.54) is 12.1 Å². The normalized spacial score (nSPS) is 12.6. The van der Waals surface area contributed by atoms with E-state index < -0.39 is 0 Å². The number of hydrazine groups is 1. The molecule has 0 radical (unpaired) electrons. The van der Waals surface area contributed by atoms with Crippen LogP contribution in [0.25, 0.3) is 0 Å². The summed E-state index contributed by atoms with van der Waals surface area (Å²) in [6.07, 6.45) is 5.26. The van der Waals surface area contributed by atoms with Gasteiger partial charge in [-0.3, -0.25) is 11.3 Å². The lowest BCUT2D eigenvalue weighted by molar-refractivity contribution is 0.514. The van der Waals surface area contributed by atoms with Crippen molar-refractivity contribution in [1.82, 2.24) is 15.0 Å². The summed E-state index contributed by atoms with van der Waals surface area (Å²) >= 11 is 0. The fraction of sp³-hybridized carbons (Fsp3) is 0.357. The number of hydrogen-bond donors (Lipinski definition) is 3. The van der Waals surface area contributed by atoms with Crippen molar-refractivity contribution in [3.63, 3.8) is 0 Å². The molecular formula is C14H20FN5. The minimum atomic E-state index is -0.327. The predicted molar refractivity (Wildman–Crippen MR) is 77.1 cm³/mol. The Balaban J connectivity index is 2.24. The Bertz CT molecular complexity index is 566. The molecule has 5 nitrogen and oxygen atoms in total. The van der Waals surface area contributed by atoms with Gasteiger partial charge in [0.25, 0.3) is 0 Å². The number of hydrogen-bond acceptors (Lipinski definition) is 4. The Hall–Kier alpha value is -1.92. The van der Waals surface area contributed by atoms with E-state index in [0.717, 1.165) is 18.8 Å². The third kappa shape index (κ3) is 3.15. The van der Waals surface area contributed by atoms with Crippen molar-refractivity contribution in [2.24, 2.45) is 5.84 Å².